The van der Waals surface area contributed by atoms with Crippen LogP contribution in [0.3, 0.4) is 0 Å². The number of rotatable bonds is 5. The first-order valence-electron chi connectivity index (χ1n) is 7.53. The van der Waals surface area contributed by atoms with E-state index in [2.05, 4.69) is 15.3 Å². The molecule has 0 spiro atoms. The lowest BCUT2D eigenvalue weighted by molar-refractivity contribution is -0.129. The number of aromatic nitrogens is 2. The first kappa shape index (κ1) is 19.1. The van der Waals surface area contributed by atoms with Gasteiger partial charge in [-0.05, 0) is 38.5 Å². The number of nitrogens with one attached hydrogen (secondary N) is 1. The summed E-state index contributed by atoms with van der Waals surface area (Å²) in [5.74, 6) is -1.17. The number of hydrogen-bond acceptors (Lipinski definition) is 5. The van der Waals surface area contributed by atoms with Crippen LogP contribution in [0.25, 0.3) is 0 Å². The summed E-state index contributed by atoms with van der Waals surface area (Å²) in [6.07, 6.45) is 1.76. The van der Waals surface area contributed by atoms with E-state index in [1.165, 1.54) is 19.3 Å². The molecule has 0 saturated heterocycles. The fourth-order valence-electron chi connectivity index (χ4n) is 2.03. The van der Waals surface area contributed by atoms with E-state index < -0.39 is 18.0 Å². The summed E-state index contributed by atoms with van der Waals surface area (Å²) < 4.78 is 5.12. The molecular formula is C17H17Cl2N3O3. The summed E-state index contributed by atoms with van der Waals surface area (Å²) in [6, 6.07) is 4.64. The van der Waals surface area contributed by atoms with Crippen molar-refractivity contribution >= 4 is 35.1 Å². The van der Waals surface area contributed by atoms with Crippen LogP contribution in [0, 0.1) is 6.92 Å². The molecular weight excluding hydrogens is 365 g/mol. The second-order valence-electron chi connectivity index (χ2n) is 5.49. The minimum Gasteiger partial charge on any atom is -0.448 e. The van der Waals surface area contributed by atoms with E-state index >= 15 is 0 Å². The van der Waals surface area contributed by atoms with Gasteiger partial charge < -0.3 is 10.1 Å². The third-order valence-corrected chi connectivity index (χ3v) is 3.99. The third kappa shape index (κ3) is 5.14. The van der Waals surface area contributed by atoms with Crippen molar-refractivity contribution in [3.8, 4) is 0 Å². The lowest BCUT2D eigenvalue weighted by Crippen LogP contribution is -2.37. The van der Waals surface area contributed by atoms with E-state index in [-0.39, 0.29) is 11.7 Å². The number of nitrogens with zero attached hydrogens (tertiary/aromatic N) is 2. The van der Waals surface area contributed by atoms with Gasteiger partial charge in [-0.2, -0.15) is 0 Å². The summed E-state index contributed by atoms with van der Waals surface area (Å²) in [6.45, 7) is 5.00. The minimum absolute atomic E-state index is 0.0408. The maximum absolute atomic E-state index is 12.2. The van der Waals surface area contributed by atoms with Crippen molar-refractivity contribution in [1.82, 2.24) is 15.3 Å². The van der Waals surface area contributed by atoms with E-state index in [0.717, 1.165) is 0 Å². The molecule has 0 fully saturated rings. The Kier molecular flexibility index (Phi) is 6.33. The van der Waals surface area contributed by atoms with Gasteiger partial charge in [-0.1, -0.05) is 29.3 Å². The number of hydrogen-bond donors (Lipinski definition) is 1. The first-order valence-corrected chi connectivity index (χ1v) is 8.28. The van der Waals surface area contributed by atoms with E-state index in [1.54, 1.807) is 32.0 Å². The van der Waals surface area contributed by atoms with Crippen molar-refractivity contribution in [3.05, 3.63) is 57.6 Å². The highest BCUT2D eigenvalue weighted by atomic mass is 35.5. The molecule has 2 rings (SSSR count). The SMILES string of the molecule is Cc1cnc(C(=O)O[C@@H](C)C(=O)N[C@H](C)c2ccc(Cl)cc2Cl)cn1. The van der Waals surface area contributed by atoms with E-state index in [9.17, 15) is 9.59 Å². The van der Waals surface area contributed by atoms with Gasteiger partial charge in [0, 0.05) is 16.2 Å². The second kappa shape index (κ2) is 8.27. The molecule has 1 aromatic carbocycles. The fraction of sp³-hybridized carbons (Fsp3) is 0.294. The largest absolute Gasteiger partial charge is 0.448 e. The first-order chi connectivity index (χ1) is 11.8. The Labute approximate surface area is 155 Å². The smallest absolute Gasteiger partial charge is 0.359 e. The van der Waals surface area contributed by atoms with Gasteiger partial charge in [0.05, 0.1) is 17.9 Å². The molecule has 6 nitrogen and oxygen atoms in total. The van der Waals surface area contributed by atoms with Crippen molar-refractivity contribution in [3.63, 3.8) is 0 Å². The Balaban J connectivity index is 1.97. The van der Waals surface area contributed by atoms with Crippen LogP contribution in [0.2, 0.25) is 10.0 Å². The van der Waals surface area contributed by atoms with Crippen molar-refractivity contribution in [2.24, 2.45) is 0 Å². The van der Waals surface area contributed by atoms with Gasteiger partial charge >= 0.3 is 5.97 Å². The number of carbonyl (C=O) groups is 2. The number of ether oxygens (including phenoxy) is 1. The number of esters is 1. The van der Waals surface area contributed by atoms with Crippen molar-refractivity contribution < 1.29 is 14.3 Å². The number of halogens is 2. The average Bonchev–Trinajstić information content (AvgIpc) is 2.55. The number of amides is 1. The molecule has 1 aromatic heterocycles. The van der Waals surface area contributed by atoms with Crippen LogP contribution in [-0.4, -0.2) is 27.9 Å². The normalized spacial score (nSPS) is 13.0. The van der Waals surface area contributed by atoms with Gasteiger partial charge in [0.1, 0.15) is 0 Å². The molecule has 0 saturated carbocycles. The minimum atomic E-state index is -0.996. The molecule has 1 heterocycles. The molecule has 132 valence electrons. The Morgan fingerprint density at radius 2 is 1.88 bits per heavy atom. The van der Waals surface area contributed by atoms with Crippen LogP contribution in [0.4, 0.5) is 0 Å². The van der Waals surface area contributed by atoms with Gasteiger partial charge in [-0.25, -0.2) is 9.78 Å². The number of aryl methyl sites for hydroxylation is 1. The number of benzene rings is 1. The Morgan fingerprint density at radius 3 is 2.48 bits per heavy atom. The standard InChI is InChI=1S/C17H17Cl2N3O3/c1-9-7-21-15(8-20-9)17(24)25-11(3)16(23)22-10(2)13-5-4-12(18)6-14(13)19/h4-8,10-11H,1-3H3,(H,22,23)/t10-,11+/m1/s1. The summed E-state index contributed by atoms with van der Waals surface area (Å²) in [5.41, 5.74) is 1.43. The van der Waals surface area contributed by atoms with Gasteiger partial charge in [0.25, 0.3) is 5.91 Å². The molecule has 2 aromatic rings. The predicted octanol–water partition coefficient (Wildman–Crippen LogP) is 3.51. The van der Waals surface area contributed by atoms with E-state index in [0.29, 0.717) is 21.3 Å². The maximum Gasteiger partial charge on any atom is 0.359 e. The molecule has 2 atom stereocenters. The molecule has 0 aliphatic heterocycles. The second-order valence-corrected chi connectivity index (χ2v) is 6.33. The van der Waals surface area contributed by atoms with Crippen molar-refractivity contribution in [2.75, 3.05) is 0 Å². The summed E-state index contributed by atoms with van der Waals surface area (Å²) in [7, 11) is 0. The topological polar surface area (TPSA) is 81.2 Å². The maximum atomic E-state index is 12.2. The highest BCUT2D eigenvalue weighted by Gasteiger charge is 2.22. The van der Waals surface area contributed by atoms with Gasteiger partial charge in [0.2, 0.25) is 0 Å². The van der Waals surface area contributed by atoms with E-state index in [4.69, 9.17) is 27.9 Å². The van der Waals surface area contributed by atoms with Crippen LogP contribution in [0.15, 0.2) is 30.6 Å². The van der Waals surface area contributed by atoms with E-state index in [1.807, 2.05) is 0 Å². The van der Waals surface area contributed by atoms with Crippen LogP contribution in [0.1, 0.15) is 41.6 Å². The van der Waals surface area contributed by atoms with Crippen LogP contribution in [0.5, 0.6) is 0 Å². The molecule has 0 aliphatic rings. The molecule has 0 radical (unpaired) electrons. The zero-order chi connectivity index (χ0) is 18.6. The summed E-state index contributed by atoms with van der Waals surface area (Å²) in [5, 5.41) is 3.69. The molecule has 0 unspecified atom stereocenters. The monoisotopic (exact) mass is 381 g/mol. The highest BCUT2D eigenvalue weighted by Crippen LogP contribution is 2.26. The third-order valence-electron chi connectivity index (χ3n) is 3.43. The fourth-order valence-corrected chi connectivity index (χ4v) is 2.61. The van der Waals surface area contributed by atoms with Crippen LogP contribution in [-0.2, 0) is 9.53 Å². The Morgan fingerprint density at radius 1 is 1.16 bits per heavy atom. The van der Waals surface area contributed by atoms with Gasteiger partial charge in [0.15, 0.2) is 11.8 Å². The lowest BCUT2D eigenvalue weighted by atomic mass is 10.1. The molecule has 0 bridgehead atoms. The molecule has 1 amide bonds. The molecule has 1 N–H and O–H groups in total. The van der Waals surface area contributed by atoms with Crippen LogP contribution >= 0.6 is 23.2 Å². The van der Waals surface area contributed by atoms with Crippen molar-refractivity contribution in [1.29, 1.82) is 0 Å². The van der Waals surface area contributed by atoms with Gasteiger partial charge in [-0.15, -0.1) is 0 Å². The quantitative estimate of drug-likeness (QED) is 0.801. The highest BCUT2D eigenvalue weighted by molar-refractivity contribution is 6.35. The zero-order valence-corrected chi connectivity index (χ0v) is 15.4. The molecule has 0 aliphatic carbocycles. The summed E-state index contributed by atoms with van der Waals surface area (Å²) >= 11 is 12.0. The molecule has 8 heteroatoms. The van der Waals surface area contributed by atoms with Crippen LogP contribution < -0.4 is 5.32 Å². The predicted molar refractivity (Wildman–Crippen MR) is 94.7 cm³/mol. The number of carbonyl (C=O) groups excluding carboxylic acids is 2. The Bertz CT molecular complexity index is 781. The average molecular weight is 382 g/mol. The lowest BCUT2D eigenvalue weighted by Gasteiger charge is -2.19. The van der Waals surface area contributed by atoms with Crippen molar-refractivity contribution in [2.45, 2.75) is 32.9 Å². The molecule has 25 heavy (non-hydrogen) atoms. The zero-order valence-electron chi connectivity index (χ0n) is 13.9. The Hall–Kier alpha value is -2.18. The summed E-state index contributed by atoms with van der Waals surface area (Å²) in [4.78, 5) is 32.1. The van der Waals surface area contributed by atoms with Gasteiger partial charge in [-0.3, -0.25) is 9.78 Å².